The van der Waals surface area contributed by atoms with Crippen LogP contribution >= 0.6 is 0 Å². The van der Waals surface area contributed by atoms with E-state index < -0.39 is 20.6 Å². The second kappa shape index (κ2) is 8.65. The van der Waals surface area contributed by atoms with Crippen LogP contribution in [0.3, 0.4) is 0 Å². The van der Waals surface area contributed by atoms with Gasteiger partial charge in [0.1, 0.15) is 18.1 Å². The summed E-state index contributed by atoms with van der Waals surface area (Å²) in [6, 6.07) is 10.5. The molecule has 0 fully saturated rings. The fourth-order valence-corrected chi connectivity index (χ4v) is 3.63. The van der Waals surface area contributed by atoms with Crippen molar-refractivity contribution in [3.63, 3.8) is 0 Å². The number of benzene rings is 2. The molecule has 9 heteroatoms. The van der Waals surface area contributed by atoms with E-state index in [2.05, 4.69) is 6.58 Å². The van der Waals surface area contributed by atoms with Crippen LogP contribution in [0.25, 0.3) is 0 Å². The molecule has 2 rings (SSSR count). The molecule has 0 aromatic heterocycles. The van der Waals surface area contributed by atoms with E-state index in [1.54, 1.807) is 30.3 Å². The molecule has 0 saturated carbocycles. The van der Waals surface area contributed by atoms with Crippen molar-refractivity contribution in [3.05, 3.63) is 70.8 Å². The van der Waals surface area contributed by atoms with E-state index in [9.17, 15) is 18.5 Å². The monoisotopic (exact) mass is 392 g/mol. The van der Waals surface area contributed by atoms with Crippen molar-refractivity contribution in [1.29, 1.82) is 0 Å². The molecule has 27 heavy (non-hydrogen) atoms. The third-order valence-electron chi connectivity index (χ3n) is 3.75. The Kier molecular flexibility index (Phi) is 6.54. The molecule has 8 nitrogen and oxygen atoms in total. The van der Waals surface area contributed by atoms with Crippen molar-refractivity contribution in [2.75, 3.05) is 20.8 Å². The first-order chi connectivity index (χ1) is 12.8. The summed E-state index contributed by atoms with van der Waals surface area (Å²) in [5.41, 5.74) is 0.178. The highest BCUT2D eigenvalue weighted by Gasteiger charge is 2.30. The van der Waals surface area contributed by atoms with E-state index in [4.69, 9.17) is 9.47 Å². The number of nitrogens with zero attached hydrogens (tertiary/aromatic N) is 2. The molecule has 0 amide bonds. The summed E-state index contributed by atoms with van der Waals surface area (Å²) in [5.74, 6) is 0.841. The highest BCUT2D eigenvalue weighted by atomic mass is 32.2. The quantitative estimate of drug-likeness (QED) is 0.370. The lowest BCUT2D eigenvalue weighted by Gasteiger charge is -2.18. The Hall–Kier alpha value is -2.91. The van der Waals surface area contributed by atoms with Gasteiger partial charge in [0, 0.05) is 13.6 Å². The van der Waals surface area contributed by atoms with Gasteiger partial charge in [0.05, 0.1) is 18.1 Å². The lowest BCUT2D eigenvalue weighted by molar-refractivity contribution is -0.387. The van der Waals surface area contributed by atoms with Gasteiger partial charge in [0.2, 0.25) is 10.0 Å². The van der Waals surface area contributed by atoms with Crippen LogP contribution in [0, 0.1) is 10.1 Å². The van der Waals surface area contributed by atoms with Gasteiger partial charge in [-0.2, -0.15) is 4.31 Å². The number of methoxy groups -OCH3 is 1. The third-order valence-corrected chi connectivity index (χ3v) is 5.60. The summed E-state index contributed by atoms with van der Waals surface area (Å²) >= 11 is 0. The molecular weight excluding hydrogens is 372 g/mol. The molecule has 2 aromatic rings. The Morgan fingerprint density at radius 1 is 1.19 bits per heavy atom. The lowest BCUT2D eigenvalue weighted by Crippen LogP contribution is -2.27. The van der Waals surface area contributed by atoms with Gasteiger partial charge in [-0.25, -0.2) is 8.42 Å². The molecule has 0 saturated heterocycles. The lowest BCUT2D eigenvalue weighted by atomic mass is 10.2. The van der Waals surface area contributed by atoms with Crippen molar-refractivity contribution in [3.8, 4) is 11.5 Å². The maximum absolute atomic E-state index is 12.8. The molecular formula is C18H20N2O6S. The minimum atomic E-state index is -4.07. The summed E-state index contributed by atoms with van der Waals surface area (Å²) in [4.78, 5) is 10.2. The Morgan fingerprint density at radius 2 is 1.81 bits per heavy atom. The van der Waals surface area contributed by atoms with Crippen LogP contribution in [0.1, 0.15) is 5.56 Å². The normalized spacial score (nSPS) is 11.2. The van der Waals surface area contributed by atoms with Gasteiger partial charge in [0.25, 0.3) is 5.69 Å². The zero-order valence-electron chi connectivity index (χ0n) is 15.0. The van der Waals surface area contributed by atoms with Crippen LogP contribution in [-0.2, 0) is 16.6 Å². The molecule has 0 aliphatic heterocycles. The predicted octanol–water partition coefficient (Wildman–Crippen LogP) is 2.99. The van der Waals surface area contributed by atoms with Crippen molar-refractivity contribution in [1.82, 2.24) is 4.31 Å². The number of sulfonamides is 1. The second-order valence-electron chi connectivity index (χ2n) is 5.60. The molecule has 0 radical (unpaired) electrons. The molecule has 0 N–H and O–H groups in total. The minimum absolute atomic E-state index is 0.0489. The molecule has 2 aromatic carbocycles. The van der Waals surface area contributed by atoms with Crippen molar-refractivity contribution in [2.24, 2.45) is 0 Å². The number of ether oxygens (including phenoxy) is 2. The predicted molar refractivity (Wildman–Crippen MR) is 100 cm³/mol. The molecule has 0 heterocycles. The van der Waals surface area contributed by atoms with Gasteiger partial charge in [-0.3, -0.25) is 10.1 Å². The molecule has 0 spiro atoms. The van der Waals surface area contributed by atoms with Crippen molar-refractivity contribution in [2.45, 2.75) is 11.4 Å². The van der Waals surface area contributed by atoms with E-state index in [0.29, 0.717) is 17.9 Å². The van der Waals surface area contributed by atoms with E-state index in [1.165, 1.54) is 26.3 Å². The second-order valence-corrected chi connectivity index (χ2v) is 7.61. The molecule has 0 unspecified atom stereocenters. The van der Waals surface area contributed by atoms with Crippen LogP contribution in [0.15, 0.2) is 60.0 Å². The van der Waals surface area contributed by atoms with E-state index in [1.807, 2.05) is 0 Å². The van der Waals surface area contributed by atoms with Crippen LogP contribution in [0.5, 0.6) is 11.5 Å². The van der Waals surface area contributed by atoms with Gasteiger partial charge < -0.3 is 9.47 Å². The molecule has 0 bridgehead atoms. The fraction of sp³-hybridized carbons (Fsp3) is 0.222. The van der Waals surface area contributed by atoms with Gasteiger partial charge in [-0.05, 0) is 29.8 Å². The number of hydrogen-bond donors (Lipinski definition) is 0. The van der Waals surface area contributed by atoms with Crippen molar-refractivity contribution >= 4 is 15.7 Å². The summed E-state index contributed by atoms with van der Waals surface area (Å²) in [5, 5.41) is 11.3. The smallest absolute Gasteiger partial charge is 0.293 e. The maximum atomic E-state index is 12.8. The van der Waals surface area contributed by atoms with Crippen LogP contribution < -0.4 is 9.47 Å². The zero-order chi connectivity index (χ0) is 20.0. The van der Waals surface area contributed by atoms with E-state index in [-0.39, 0.29) is 17.2 Å². The zero-order valence-corrected chi connectivity index (χ0v) is 15.8. The maximum Gasteiger partial charge on any atom is 0.293 e. The van der Waals surface area contributed by atoms with E-state index in [0.717, 1.165) is 10.4 Å². The summed E-state index contributed by atoms with van der Waals surface area (Å²) in [7, 11) is -1.36. The summed E-state index contributed by atoms with van der Waals surface area (Å²) < 4.78 is 37.0. The van der Waals surface area contributed by atoms with Gasteiger partial charge in [-0.1, -0.05) is 24.8 Å². The molecule has 144 valence electrons. The first-order valence-corrected chi connectivity index (χ1v) is 9.35. The Balaban J connectivity index is 2.26. The van der Waals surface area contributed by atoms with Gasteiger partial charge >= 0.3 is 0 Å². The number of hydrogen-bond acceptors (Lipinski definition) is 6. The number of nitro benzene ring substituents is 1. The number of nitro groups is 1. The van der Waals surface area contributed by atoms with E-state index >= 15 is 0 Å². The standard InChI is InChI=1S/C18H20N2O6S/c1-4-11-26-15-7-5-14(6-8-15)13-19(2)27(23,24)18-10-9-16(25-3)12-17(18)20(21)22/h4-10,12H,1,11,13H2,2-3H3. The van der Waals surface area contributed by atoms with Crippen LogP contribution in [0.4, 0.5) is 5.69 Å². The molecule has 0 aliphatic rings. The summed E-state index contributed by atoms with van der Waals surface area (Å²) in [6.07, 6.45) is 1.62. The highest BCUT2D eigenvalue weighted by molar-refractivity contribution is 7.89. The molecule has 0 atom stereocenters. The summed E-state index contributed by atoms with van der Waals surface area (Å²) in [6.45, 7) is 3.98. The van der Waals surface area contributed by atoms with Crippen LogP contribution in [0.2, 0.25) is 0 Å². The third kappa shape index (κ3) is 4.83. The van der Waals surface area contributed by atoms with Gasteiger partial charge in [-0.15, -0.1) is 0 Å². The largest absolute Gasteiger partial charge is 0.497 e. The average molecular weight is 392 g/mol. The molecule has 0 aliphatic carbocycles. The topological polar surface area (TPSA) is 99.0 Å². The minimum Gasteiger partial charge on any atom is -0.497 e. The highest BCUT2D eigenvalue weighted by Crippen LogP contribution is 2.30. The Labute approximate surface area is 157 Å². The van der Waals surface area contributed by atoms with Gasteiger partial charge in [0.15, 0.2) is 4.90 Å². The SMILES string of the molecule is C=CCOc1ccc(CN(C)S(=O)(=O)c2ccc(OC)cc2[N+](=O)[O-])cc1. The van der Waals surface area contributed by atoms with Crippen molar-refractivity contribution < 1.29 is 22.8 Å². The van der Waals surface area contributed by atoms with Crippen LogP contribution in [-0.4, -0.2) is 38.4 Å². The fourth-order valence-electron chi connectivity index (χ4n) is 2.34. The number of rotatable bonds is 9. The Bertz CT molecular complexity index is 925. The Morgan fingerprint density at radius 3 is 2.37 bits per heavy atom. The first kappa shape index (κ1) is 20.4. The first-order valence-electron chi connectivity index (χ1n) is 7.91. The average Bonchev–Trinajstić information content (AvgIpc) is 2.66.